The van der Waals surface area contributed by atoms with E-state index in [1.807, 2.05) is 43.7 Å². The van der Waals surface area contributed by atoms with Crippen LogP contribution in [0.3, 0.4) is 0 Å². The first-order valence-electron chi connectivity index (χ1n) is 5.88. The fourth-order valence-corrected chi connectivity index (χ4v) is 1.97. The van der Waals surface area contributed by atoms with Gasteiger partial charge in [0.25, 0.3) is 0 Å². The van der Waals surface area contributed by atoms with E-state index in [1.165, 1.54) is 0 Å². The maximum atomic E-state index is 10.1. The van der Waals surface area contributed by atoms with Crippen molar-refractivity contribution in [2.24, 2.45) is 0 Å². The normalized spacial score (nSPS) is 12.9. The number of furan rings is 1. The van der Waals surface area contributed by atoms with Crippen molar-refractivity contribution in [1.29, 1.82) is 0 Å². The first-order chi connectivity index (χ1) is 8.10. The SMILES string of the molecule is CCn1nc(C)cc1CC(O)c1ccc(C)o1. The number of aromatic nitrogens is 2. The molecule has 0 bridgehead atoms. The highest BCUT2D eigenvalue weighted by molar-refractivity contribution is 5.14. The summed E-state index contributed by atoms with van der Waals surface area (Å²) in [6, 6.07) is 5.68. The predicted molar refractivity (Wildman–Crippen MR) is 64.7 cm³/mol. The first-order valence-corrected chi connectivity index (χ1v) is 5.88. The van der Waals surface area contributed by atoms with Gasteiger partial charge in [0.1, 0.15) is 17.6 Å². The van der Waals surface area contributed by atoms with Gasteiger partial charge in [-0.3, -0.25) is 4.68 Å². The van der Waals surface area contributed by atoms with Crippen LogP contribution in [-0.4, -0.2) is 14.9 Å². The van der Waals surface area contributed by atoms with Crippen LogP contribution >= 0.6 is 0 Å². The molecule has 2 aromatic heterocycles. The number of aliphatic hydroxyl groups is 1. The van der Waals surface area contributed by atoms with Crippen LogP contribution in [0.4, 0.5) is 0 Å². The van der Waals surface area contributed by atoms with Gasteiger partial charge in [0.2, 0.25) is 0 Å². The largest absolute Gasteiger partial charge is 0.464 e. The molecule has 1 N–H and O–H groups in total. The van der Waals surface area contributed by atoms with Crippen molar-refractivity contribution >= 4 is 0 Å². The average Bonchev–Trinajstić information content (AvgIpc) is 2.85. The molecule has 0 saturated heterocycles. The Morgan fingerprint density at radius 2 is 2.18 bits per heavy atom. The van der Waals surface area contributed by atoms with Crippen LogP contribution in [-0.2, 0) is 13.0 Å². The lowest BCUT2D eigenvalue weighted by Crippen LogP contribution is -2.07. The topological polar surface area (TPSA) is 51.2 Å². The maximum absolute atomic E-state index is 10.1. The third-order valence-corrected chi connectivity index (χ3v) is 2.78. The zero-order valence-electron chi connectivity index (χ0n) is 10.5. The number of aryl methyl sites for hydroxylation is 3. The molecule has 0 amide bonds. The summed E-state index contributed by atoms with van der Waals surface area (Å²) >= 11 is 0. The Hall–Kier alpha value is -1.55. The molecule has 4 nitrogen and oxygen atoms in total. The molecular weight excluding hydrogens is 216 g/mol. The summed E-state index contributed by atoms with van der Waals surface area (Å²) < 4.78 is 7.33. The minimum absolute atomic E-state index is 0.529. The monoisotopic (exact) mass is 234 g/mol. The van der Waals surface area contributed by atoms with Crippen molar-refractivity contribution in [3.63, 3.8) is 0 Å². The van der Waals surface area contributed by atoms with Crippen molar-refractivity contribution in [2.75, 3.05) is 0 Å². The molecule has 0 aromatic carbocycles. The van der Waals surface area contributed by atoms with Crippen LogP contribution in [0.5, 0.6) is 0 Å². The van der Waals surface area contributed by atoms with Gasteiger partial charge >= 0.3 is 0 Å². The van der Waals surface area contributed by atoms with Gasteiger partial charge in [-0.25, -0.2) is 0 Å². The molecule has 92 valence electrons. The van der Waals surface area contributed by atoms with Gasteiger partial charge in [0, 0.05) is 18.7 Å². The second-order valence-electron chi connectivity index (χ2n) is 4.26. The quantitative estimate of drug-likeness (QED) is 0.883. The zero-order valence-corrected chi connectivity index (χ0v) is 10.5. The molecule has 2 rings (SSSR count). The van der Waals surface area contributed by atoms with E-state index in [0.717, 1.165) is 23.7 Å². The van der Waals surface area contributed by atoms with Crippen LogP contribution in [0.25, 0.3) is 0 Å². The molecule has 0 radical (unpaired) electrons. The molecule has 1 atom stereocenters. The highest BCUT2D eigenvalue weighted by Gasteiger charge is 2.15. The summed E-state index contributed by atoms with van der Waals surface area (Å²) in [7, 11) is 0. The lowest BCUT2D eigenvalue weighted by Gasteiger charge is -2.09. The zero-order chi connectivity index (χ0) is 12.4. The highest BCUT2D eigenvalue weighted by atomic mass is 16.4. The van der Waals surface area contributed by atoms with Crippen molar-refractivity contribution in [3.05, 3.63) is 41.1 Å². The van der Waals surface area contributed by atoms with E-state index >= 15 is 0 Å². The molecule has 0 aliphatic rings. The van der Waals surface area contributed by atoms with Crippen LogP contribution < -0.4 is 0 Å². The highest BCUT2D eigenvalue weighted by Crippen LogP contribution is 2.20. The lowest BCUT2D eigenvalue weighted by atomic mass is 10.1. The minimum atomic E-state index is -0.606. The Balaban J connectivity index is 2.14. The molecular formula is C13H18N2O2. The van der Waals surface area contributed by atoms with Gasteiger partial charge in [-0.2, -0.15) is 5.10 Å². The summed E-state index contributed by atoms with van der Waals surface area (Å²) in [5, 5.41) is 14.4. The van der Waals surface area contributed by atoms with Crippen LogP contribution in [0.1, 0.15) is 35.9 Å². The van der Waals surface area contributed by atoms with Crippen molar-refractivity contribution in [1.82, 2.24) is 9.78 Å². The van der Waals surface area contributed by atoms with Crippen molar-refractivity contribution in [3.8, 4) is 0 Å². The molecule has 0 aliphatic carbocycles. The third-order valence-electron chi connectivity index (χ3n) is 2.78. The molecule has 0 spiro atoms. The smallest absolute Gasteiger partial charge is 0.133 e. The van der Waals surface area contributed by atoms with E-state index in [0.29, 0.717) is 12.2 Å². The van der Waals surface area contributed by atoms with E-state index in [-0.39, 0.29) is 0 Å². The van der Waals surface area contributed by atoms with Crippen LogP contribution in [0, 0.1) is 13.8 Å². The van der Waals surface area contributed by atoms with Gasteiger partial charge < -0.3 is 9.52 Å². The first kappa shape index (κ1) is 11.9. The number of rotatable bonds is 4. The minimum Gasteiger partial charge on any atom is -0.464 e. The summed E-state index contributed by atoms with van der Waals surface area (Å²) in [6.45, 7) is 6.68. The summed E-state index contributed by atoms with van der Waals surface area (Å²) in [4.78, 5) is 0. The van der Waals surface area contributed by atoms with E-state index in [2.05, 4.69) is 5.10 Å². The molecule has 1 unspecified atom stereocenters. The number of hydrogen-bond donors (Lipinski definition) is 1. The maximum Gasteiger partial charge on any atom is 0.133 e. The molecule has 0 aliphatic heterocycles. The molecule has 2 aromatic rings. The van der Waals surface area contributed by atoms with Gasteiger partial charge in [-0.15, -0.1) is 0 Å². The Bertz CT molecular complexity index is 499. The predicted octanol–water partition coefficient (Wildman–Crippen LogP) is 2.39. The fourth-order valence-electron chi connectivity index (χ4n) is 1.97. The average molecular weight is 234 g/mol. The number of aliphatic hydroxyl groups excluding tert-OH is 1. The summed E-state index contributed by atoms with van der Waals surface area (Å²) in [5.74, 6) is 1.43. The van der Waals surface area contributed by atoms with Gasteiger partial charge in [0.15, 0.2) is 0 Å². The van der Waals surface area contributed by atoms with Crippen LogP contribution in [0.15, 0.2) is 22.6 Å². The Morgan fingerprint density at radius 3 is 2.76 bits per heavy atom. The summed E-state index contributed by atoms with van der Waals surface area (Å²) in [6.07, 6.45) is -0.0770. The van der Waals surface area contributed by atoms with E-state index in [4.69, 9.17) is 4.42 Å². The van der Waals surface area contributed by atoms with Crippen molar-refractivity contribution in [2.45, 2.75) is 39.8 Å². The van der Waals surface area contributed by atoms with Crippen molar-refractivity contribution < 1.29 is 9.52 Å². The van der Waals surface area contributed by atoms with Gasteiger partial charge in [-0.1, -0.05) is 0 Å². The Labute approximate surface area is 101 Å². The lowest BCUT2D eigenvalue weighted by molar-refractivity contribution is 0.146. The second kappa shape index (κ2) is 4.75. The second-order valence-corrected chi connectivity index (χ2v) is 4.26. The van der Waals surface area contributed by atoms with Gasteiger partial charge in [-0.05, 0) is 39.0 Å². The third kappa shape index (κ3) is 2.58. The molecule has 2 heterocycles. The fraction of sp³-hybridized carbons (Fsp3) is 0.462. The Kier molecular flexibility index (Phi) is 3.33. The molecule has 17 heavy (non-hydrogen) atoms. The van der Waals surface area contributed by atoms with Crippen LogP contribution in [0.2, 0.25) is 0 Å². The van der Waals surface area contributed by atoms with E-state index in [1.54, 1.807) is 0 Å². The van der Waals surface area contributed by atoms with E-state index < -0.39 is 6.10 Å². The molecule has 4 heteroatoms. The number of hydrogen-bond acceptors (Lipinski definition) is 3. The Morgan fingerprint density at radius 1 is 1.41 bits per heavy atom. The van der Waals surface area contributed by atoms with Gasteiger partial charge in [0.05, 0.1) is 5.69 Å². The molecule has 0 saturated carbocycles. The van der Waals surface area contributed by atoms with E-state index in [9.17, 15) is 5.11 Å². The molecule has 0 fully saturated rings. The standard InChI is InChI=1S/C13H18N2O2/c1-4-15-11(7-9(2)14-15)8-12(16)13-6-5-10(3)17-13/h5-7,12,16H,4,8H2,1-3H3. The summed E-state index contributed by atoms with van der Waals surface area (Å²) in [5.41, 5.74) is 2.01. The number of nitrogens with zero attached hydrogens (tertiary/aromatic N) is 2.